The molecule has 1 heterocycles. The Labute approximate surface area is 217 Å². The smallest absolute Gasteiger partial charge is 0.133 e. The summed E-state index contributed by atoms with van der Waals surface area (Å²) >= 11 is 0. The highest BCUT2D eigenvalue weighted by Crippen LogP contribution is 2.44. The lowest BCUT2D eigenvalue weighted by Crippen LogP contribution is -2.56. The van der Waals surface area contributed by atoms with Crippen LogP contribution in [0.5, 0.6) is 11.5 Å². The fourth-order valence-electron chi connectivity index (χ4n) is 5.55. The minimum Gasteiger partial charge on any atom is -0.457 e. The Bertz CT molecular complexity index is 894. The standard InChI is InChI=1S/C30H46N2O4/c1-23(2)29(33)27(21-31-3)32-19-12-13-24(22-32)30(34,18-10-11-20-35-4)26-16-8-9-17-28(26)36-25-14-6-5-7-15-25/h5-9,14-17,23-24,27,29,31,33-34H,10-13,18-22H2,1-4H3/t24?,27-,29+,30+/m1/s1. The molecule has 200 valence electrons. The monoisotopic (exact) mass is 498 g/mol. The lowest BCUT2D eigenvalue weighted by molar-refractivity contribution is -0.0808. The van der Waals surface area contributed by atoms with Gasteiger partial charge in [-0.25, -0.2) is 0 Å². The summed E-state index contributed by atoms with van der Waals surface area (Å²) < 4.78 is 11.6. The Kier molecular flexibility index (Phi) is 11.2. The largest absolute Gasteiger partial charge is 0.457 e. The molecule has 0 saturated carbocycles. The topological polar surface area (TPSA) is 74.2 Å². The summed E-state index contributed by atoms with van der Waals surface area (Å²) in [5, 5.41) is 26.8. The number of likely N-dealkylation sites (tertiary alicyclic amines) is 1. The average molecular weight is 499 g/mol. The molecule has 1 saturated heterocycles. The summed E-state index contributed by atoms with van der Waals surface area (Å²) in [7, 11) is 3.65. The van der Waals surface area contributed by atoms with Crippen molar-refractivity contribution < 1.29 is 19.7 Å². The molecule has 2 aromatic carbocycles. The third kappa shape index (κ3) is 7.30. The van der Waals surface area contributed by atoms with Gasteiger partial charge in [0.1, 0.15) is 11.5 Å². The maximum absolute atomic E-state index is 12.5. The second kappa shape index (κ2) is 14.1. The molecular weight excluding hydrogens is 452 g/mol. The van der Waals surface area contributed by atoms with E-state index in [2.05, 4.69) is 24.1 Å². The third-order valence-electron chi connectivity index (χ3n) is 7.57. The zero-order valence-electron chi connectivity index (χ0n) is 22.5. The summed E-state index contributed by atoms with van der Waals surface area (Å²) in [6.45, 7) is 7.19. The summed E-state index contributed by atoms with van der Waals surface area (Å²) in [5.74, 6) is 1.64. The zero-order chi connectivity index (χ0) is 26.0. The number of hydrogen-bond acceptors (Lipinski definition) is 6. The number of nitrogens with one attached hydrogen (secondary N) is 1. The van der Waals surface area contributed by atoms with Crippen molar-refractivity contribution in [3.05, 3.63) is 60.2 Å². The minimum absolute atomic E-state index is 0.00588. The maximum Gasteiger partial charge on any atom is 0.133 e. The third-order valence-corrected chi connectivity index (χ3v) is 7.57. The molecule has 36 heavy (non-hydrogen) atoms. The molecule has 1 unspecified atom stereocenters. The molecule has 4 atom stereocenters. The first-order valence-corrected chi connectivity index (χ1v) is 13.5. The molecule has 6 nitrogen and oxygen atoms in total. The molecule has 1 fully saturated rings. The van der Waals surface area contributed by atoms with Crippen LogP contribution in [0.2, 0.25) is 0 Å². The Morgan fingerprint density at radius 1 is 1.08 bits per heavy atom. The highest BCUT2D eigenvalue weighted by Gasteiger charge is 2.43. The number of ether oxygens (including phenoxy) is 2. The first-order valence-electron chi connectivity index (χ1n) is 13.5. The van der Waals surface area contributed by atoms with Gasteiger partial charge in [0.25, 0.3) is 0 Å². The number of likely N-dealkylation sites (N-methyl/N-ethyl adjacent to an activating group) is 1. The molecule has 1 aliphatic heterocycles. The molecule has 1 aliphatic rings. The van der Waals surface area contributed by atoms with Crippen LogP contribution in [0.15, 0.2) is 54.6 Å². The molecule has 0 aliphatic carbocycles. The maximum atomic E-state index is 12.5. The van der Waals surface area contributed by atoms with E-state index in [1.54, 1.807) is 7.11 Å². The number of para-hydroxylation sites is 2. The van der Waals surface area contributed by atoms with Crippen LogP contribution in [0.25, 0.3) is 0 Å². The molecule has 0 amide bonds. The van der Waals surface area contributed by atoms with Crippen molar-refractivity contribution in [1.29, 1.82) is 0 Å². The van der Waals surface area contributed by atoms with E-state index in [0.29, 0.717) is 25.3 Å². The van der Waals surface area contributed by atoms with Crippen LogP contribution < -0.4 is 10.1 Å². The molecule has 0 bridgehead atoms. The van der Waals surface area contributed by atoms with Crippen LogP contribution in [-0.2, 0) is 10.3 Å². The second-order valence-corrected chi connectivity index (χ2v) is 10.5. The number of piperidine rings is 1. The lowest BCUT2D eigenvalue weighted by atomic mass is 9.73. The molecule has 6 heteroatoms. The van der Waals surface area contributed by atoms with Crippen molar-refractivity contribution in [2.45, 2.75) is 63.7 Å². The van der Waals surface area contributed by atoms with Crippen LogP contribution in [-0.4, -0.2) is 67.7 Å². The first-order chi connectivity index (χ1) is 17.4. The van der Waals surface area contributed by atoms with Crippen molar-refractivity contribution >= 4 is 0 Å². The van der Waals surface area contributed by atoms with Gasteiger partial charge in [0.15, 0.2) is 0 Å². The van der Waals surface area contributed by atoms with Crippen molar-refractivity contribution in [1.82, 2.24) is 10.2 Å². The first kappa shape index (κ1) is 28.6. The van der Waals surface area contributed by atoms with Gasteiger partial charge >= 0.3 is 0 Å². The van der Waals surface area contributed by atoms with Gasteiger partial charge < -0.3 is 25.0 Å². The van der Waals surface area contributed by atoms with Gasteiger partial charge in [0, 0.05) is 44.3 Å². The molecular formula is C30H46N2O4. The van der Waals surface area contributed by atoms with Crippen molar-refractivity contribution in [3.8, 4) is 11.5 Å². The van der Waals surface area contributed by atoms with E-state index in [4.69, 9.17) is 9.47 Å². The molecule has 0 aromatic heterocycles. The van der Waals surface area contributed by atoms with E-state index in [1.807, 2.05) is 61.6 Å². The van der Waals surface area contributed by atoms with E-state index in [9.17, 15) is 10.2 Å². The summed E-state index contributed by atoms with van der Waals surface area (Å²) in [4.78, 5) is 2.39. The summed E-state index contributed by atoms with van der Waals surface area (Å²) in [5.41, 5.74) is -0.210. The van der Waals surface area contributed by atoms with Crippen LogP contribution in [0, 0.1) is 11.8 Å². The van der Waals surface area contributed by atoms with E-state index in [0.717, 1.165) is 50.1 Å². The normalized spacial score (nSPS) is 20.1. The van der Waals surface area contributed by atoms with Crippen LogP contribution in [0.4, 0.5) is 0 Å². The average Bonchev–Trinajstić information content (AvgIpc) is 2.90. The number of aliphatic hydroxyl groups excluding tert-OH is 1. The number of benzene rings is 2. The van der Waals surface area contributed by atoms with Crippen molar-refractivity contribution in [3.63, 3.8) is 0 Å². The Morgan fingerprint density at radius 2 is 1.81 bits per heavy atom. The number of unbranched alkanes of at least 4 members (excludes halogenated alkanes) is 1. The summed E-state index contributed by atoms with van der Waals surface area (Å²) in [6, 6.07) is 17.7. The summed E-state index contributed by atoms with van der Waals surface area (Å²) in [6.07, 6.45) is 3.87. The quantitative estimate of drug-likeness (QED) is 0.325. The lowest BCUT2D eigenvalue weighted by Gasteiger charge is -2.46. The number of methoxy groups -OCH3 is 1. The van der Waals surface area contributed by atoms with Crippen molar-refractivity contribution in [2.75, 3.05) is 40.4 Å². The number of hydrogen-bond donors (Lipinski definition) is 3. The molecule has 2 aromatic rings. The van der Waals surface area contributed by atoms with Gasteiger partial charge in [-0.3, -0.25) is 4.90 Å². The van der Waals surface area contributed by atoms with Gasteiger partial charge in [-0.2, -0.15) is 0 Å². The molecule has 0 radical (unpaired) electrons. The van der Waals surface area contributed by atoms with Gasteiger partial charge in [-0.15, -0.1) is 0 Å². The fraction of sp³-hybridized carbons (Fsp3) is 0.600. The minimum atomic E-state index is -1.05. The number of aliphatic hydroxyl groups is 2. The number of rotatable bonds is 14. The predicted molar refractivity (Wildman–Crippen MR) is 145 cm³/mol. The van der Waals surface area contributed by atoms with E-state index < -0.39 is 11.7 Å². The molecule has 3 rings (SSSR count). The van der Waals surface area contributed by atoms with Crippen LogP contribution in [0.1, 0.15) is 51.5 Å². The van der Waals surface area contributed by atoms with E-state index >= 15 is 0 Å². The Hall–Kier alpha value is -1.96. The van der Waals surface area contributed by atoms with E-state index in [-0.39, 0.29) is 17.9 Å². The molecule has 0 spiro atoms. The Morgan fingerprint density at radius 3 is 2.50 bits per heavy atom. The van der Waals surface area contributed by atoms with Gasteiger partial charge in [0.05, 0.1) is 11.7 Å². The van der Waals surface area contributed by atoms with Crippen molar-refractivity contribution in [2.24, 2.45) is 11.8 Å². The van der Waals surface area contributed by atoms with Gasteiger partial charge in [0.2, 0.25) is 0 Å². The highest BCUT2D eigenvalue weighted by molar-refractivity contribution is 5.42. The van der Waals surface area contributed by atoms with Gasteiger partial charge in [-0.1, -0.05) is 50.2 Å². The molecule has 3 N–H and O–H groups in total. The van der Waals surface area contributed by atoms with Crippen LogP contribution >= 0.6 is 0 Å². The Balaban J connectivity index is 1.93. The predicted octanol–water partition coefficient (Wildman–Crippen LogP) is 4.80. The number of nitrogens with zero attached hydrogens (tertiary/aromatic N) is 1. The highest BCUT2D eigenvalue weighted by atomic mass is 16.5. The SMILES string of the molecule is CNC[C@H]([C@@H](O)C(C)C)N1CCCC([C@@](O)(CCCCOC)c2ccccc2Oc2ccccc2)C1. The fourth-order valence-corrected chi connectivity index (χ4v) is 5.55. The van der Waals surface area contributed by atoms with E-state index in [1.165, 1.54) is 0 Å². The van der Waals surface area contributed by atoms with Gasteiger partial charge in [-0.05, 0) is 69.8 Å². The second-order valence-electron chi connectivity index (χ2n) is 10.5. The van der Waals surface area contributed by atoms with Crippen LogP contribution in [0.3, 0.4) is 0 Å². The zero-order valence-corrected chi connectivity index (χ0v) is 22.5.